The van der Waals surface area contributed by atoms with E-state index in [1.165, 1.54) is 0 Å². The Bertz CT molecular complexity index is 384. The van der Waals surface area contributed by atoms with E-state index in [2.05, 4.69) is 5.32 Å². The van der Waals surface area contributed by atoms with Gasteiger partial charge in [-0.3, -0.25) is 0 Å². The zero-order valence-electron chi connectivity index (χ0n) is 11.6. The normalized spacial score (nSPS) is 11.4. The van der Waals surface area contributed by atoms with Gasteiger partial charge in [0.25, 0.3) is 0 Å². The van der Waals surface area contributed by atoms with Crippen LogP contribution in [0.5, 0.6) is 5.75 Å². The molecule has 0 aliphatic rings. The van der Waals surface area contributed by atoms with Crippen molar-refractivity contribution in [1.29, 1.82) is 0 Å². The number of ether oxygens (including phenoxy) is 1. The number of hydrogen-bond acceptors (Lipinski definition) is 5. The zero-order chi connectivity index (χ0) is 14.3. The van der Waals surface area contributed by atoms with Gasteiger partial charge in [-0.1, -0.05) is 13.8 Å². The molecule has 0 saturated heterocycles. The van der Waals surface area contributed by atoms with E-state index in [1.54, 1.807) is 12.1 Å². The predicted molar refractivity (Wildman–Crippen MR) is 77.5 cm³/mol. The number of nitrogens with one attached hydrogen (secondary N) is 1. The maximum atomic E-state index is 9.43. The minimum atomic E-state index is -0.740. The molecule has 1 aromatic rings. The smallest absolute Gasteiger partial charge is 0.123 e. The number of anilines is 2. The third-order valence-corrected chi connectivity index (χ3v) is 3.09. The van der Waals surface area contributed by atoms with Crippen LogP contribution in [-0.4, -0.2) is 35.6 Å². The van der Waals surface area contributed by atoms with Crippen LogP contribution in [0.3, 0.4) is 0 Å². The number of benzene rings is 1. The lowest BCUT2D eigenvalue weighted by molar-refractivity contribution is 0.132. The number of aliphatic hydroxyl groups is 2. The van der Waals surface area contributed by atoms with Gasteiger partial charge >= 0.3 is 0 Å². The number of nitrogens with two attached hydrogens (primary N) is 1. The molecule has 5 heteroatoms. The maximum Gasteiger partial charge on any atom is 0.123 e. The average molecular weight is 268 g/mol. The molecule has 0 fully saturated rings. The highest BCUT2D eigenvalue weighted by molar-refractivity contribution is 5.60. The van der Waals surface area contributed by atoms with Gasteiger partial charge in [0.15, 0.2) is 0 Å². The van der Waals surface area contributed by atoms with Crippen molar-refractivity contribution in [1.82, 2.24) is 0 Å². The summed E-state index contributed by atoms with van der Waals surface area (Å²) >= 11 is 0. The Morgan fingerprint density at radius 2 is 1.89 bits per heavy atom. The largest absolute Gasteiger partial charge is 0.493 e. The predicted octanol–water partition coefficient (Wildman–Crippen LogP) is 1.60. The SMILES string of the molecule is CCCOc1cc(N)cc(NC(CC)(CO)CO)c1. The van der Waals surface area contributed by atoms with Gasteiger partial charge in [0.2, 0.25) is 0 Å². The van der Waals surface area contributed by atoms with Gasteiger partial charge in [-0.2, -0.15) is 0 Å². The van der Waals surface area contributed by atoms with Gasteiger partial charge in [-0.05, 0) is 18.9 Å². The summed E-state index contributed by atoms with van der Waals surface area (Å²) in [6, 6.07) is 5.34. The topological polar surface area (TPSA) is 87.7 Å². The summed E-state index contributed by atoms with van der Waals surface area (Å²) in [5.74, 6) is 0.685. The molecular formula is C14H24N2O3. The molecule has 0 aliphatic carbocycles. The molecule has 0 bridgehead atoms. The van der Waals surface area contributed by atoms with E-state index < -0.39 is 5.54 Å². The first-order chi connectivity index (χ1) is 9.09. The lowest BCUT2D eigenvalue weighted by atomic mass is 9.98. The van der Waals surface area contributed by atoms with Crippen molar-refractivity contribution in [2.75, 3.05) is 30.9 Å². The van der Waals surface area contributed by atoms with Crippen molar-refractivity contribution >= 4 is 11.4 Å². The minimum Gasteiger partial charge on any atom is -0.493 e. The highest BCUT2D eigenvalue weighted by atomic mass is 16.5. The van der Waals surface area contributed by atoms with Gasteiger partial charge < -0.3 is 26.0 Å². The fourth-order valence-electron chi connectivity index (χ4n) is 1.74. The van der Waals surface area contributed by atoms with Crippen molar-refractivity contribution in [3.63, 3.8) is 0 Å². The molecular weight excluding hydrogens is 244 g/mol. The Kier molecular flexibility index (Phi) is 5.92. The van der Waals surface area contributed by atoms with Crippen molar-refractivity contribution in [2.45, 2.75) is 32.2 Å². The van der Waals surface area contributed by atoms with Gasteiger partial charge in [0.1, 0.15) is 5.75 Å². The second-order valence-electron chi connectivity index (χ2n) is 4.71. The molecule has 0 amide bonds. The van der Waals surface area contributed by atoms with E-state index in [0.717, 1.165) is 12.1 Å². The summed E-state index contributed by atoms with van der Waals surface area (Å²) in [5.41, 5.74) is 6.40. The molecule has 0 unspecified atom stereocenters. The fraction of sp³-hybridized carbons (Fsp3) is 0.571. The van der Waals surface area contributed by atoms with Crippen LogP contribution in [0.1, 0.15) is 26.7 Å². The van der Waals surface area contributed by atoms with Gasteiger partial charge in [-0.15, -0.1) is 0 Å². The first kappa shape index (κ1) is 15.6. The molecule has 0 heterocycles. The minimum absolute atomic E-state index is 0.153. The Morgan fingerprint density at radius 3 is 2.42 bits per heavy atom. The maximum absolute atomic E-state index is 9.43. The second kappa shape index (κ2) is 7.21. The lowest BCUT2D eigenvalue weighted by Gasteiger charge is -2.31. The summed E-state index contributed by atoms with van der Waals surface area (Å²) in [6.45, 7) is 4.26. The van der Waals surface area contributed by atoms with Gasteiger partial charge in [0.05, 0.1) is 25.4 Å². The van der Waals surface area contributed by atoms with E-state index in [1.807, 2.05) is 19.9 Å². The van der Waals surface area contributed by atoms with Crippen LogP contribution in [0, 0.1) is 0 Å². The van der Waals surface area contributed by atoms with Crippen LogP contribution in [0.4, 0.5) is 11.4 Å². The summed E-state index contributed by atoms with van der Waals surface area (Å²) in [6.07, 6.45) is 1.52. The number of rotatable bonds is 8. The molecule has 0 spiro atoms. The first-order valence-electron chi connectivity index (χ1n) is 6.62. The molecule has 0 saturated carbocycles. The third kappa shape index (κ3) is 4.29. The zero-order valence-corrected chi connectivity index (χ0v) is 11.6. The third-order valence-electron chi connectivity index (χ3n) is 3.09. The van der Waals surface area contributed by atoms with Gasteiger partial charge in [-0.25, -0.2) is 0 Å². The first-order valence-corrected chi connectivity index (χ1v) is 6.62. The summed E-state index contributed by atoms with van der Waals surface area (Å²) in [5, 5.41) is 22.0. The second-order valence-corrected chi connectivity index (χ2v) is 4.71. The van der Waals surface area contributed by atoms with E-state index in [-0.39, 0.29) is 13.2 Å². The Morgan fingerprint density at radius 1 is 1.21 bits per heavy atom. The highest BCUT2D eigenvalue weighted by Gasteiger charge is 2.26. The molecule has 0 aliphatic heterocycles. The standard InChI is InChI=1S/C14H24N2O3/c1-3-5-19-13-7-11(15)6-12(8-13)16-14(4-2,9-17)10-18/h6-8,16-18H,3-5,9-10,15H2,1-2H3. The lowest BCUT2D eigenvalue weighted by Crippen LogP contribution is -2.45. The van der Waals surface area contributed by atoms with Gasteiger partial charge in [0, 0.05) is 23.5 Å². The fourth-order valence-corrected chi connectivity index (χ4v) is 1.74. The van der Waals surface area contributed by atoms with Crippen LogP contribution in [0.2, 0.25) is 0 Å². The van der Waals surface area contributed by atoms with E-state index >= 15 is 0 Å². The van der Waals surface area contributed by atoms with Crippen molar-refractivity contribution in [3.8, 4) is 5.75 Å². The molecule has 0 atom stereocenters. The quantitative estimate of drug-likeness (QED) is 0.538. The Labute approximate surface area is 114 Å². The van der Waals surface area contributed by atoms with Crippen molar-refractivity contribution in [3.05, 3.63) is 18.2 Å². The Balaban J connectivity index is 2.90. The van der Waals surface area contributed by atoms with Crippen molar-refractivity contribution < 1.29 is 14.9 Å². The van der Waals surface area contributed by atoms with E-state index in [4.69, 9.17) is 10.5 Å². The molecule has 108 valence electrons. The van der Waals surface area contributed by atoms with E-state index in [0.29, 0.717) is 24.5 Å². The number of hydrogen-bond donors (Lipinski definition) is 4. The summed E-state index contributed by atoms with van der Waals surface area (Å²) in [7, 11) is 0. The number of nitrogen functional groups attached to an aromatic ring is 1. The summed E-state index contributed by atoms with van der Waals surface area (Å²) < 4.78 is 5.55. The van der Waals surface area contributed by atoms with Crippen LogP contribution in [0.15, 0.2) is 18.2 Å². The average Bonchev–Trinajstić information content (AvgIpc) is 2.42. The van der Waals surface area contributed by atoms with E-state index in [9.17, 15) is 10.2 Å². The number of aliphatic hydroxyl groups excluding tert-OH is 2. The van der Waals surface area contributed by atoms with Crippen LogP contribution in [0.25, 0.3) is 0 Å². The Hall–Kier alpha value is -1.46. The van der Waals surface area contributed by atoms with Crippen LogP contribution < -0.4 is 15.8 Å². The molecule has 19 heavy (non-hydrogen) atoms. The van der Waals surface area contributed by atoms with Crippen LogP contribution in [-0.2, 0) is 0 Å². The monoisotopic (exact) mass is 268 g/mol. The molecule has 5 N–H and O–H groups in total. The summed E-state index contributed by atoms with van der Waals surface area (Å²) in [4.78, 5) is 0. The van der Waals surface area contributed by atoms with Crippen molar-refractivity contribution in [2.24, 2.45) is 0 Å². The van der Waals surface area contributed by atoms with Crippen LogP contribution >= 0.6 is 0 Å². The molecule has 1 rings (SSSR count). The highest BCUT2D eigenvalue weighted by Crippen LogP contribution is 2.26. The molecule has 0 radical (unpaired) electrons. The molecule has 0 aromatic heterocycles. The molecule has 5 nitrogen and oxygen atoms in total. The molecule has 1 aromatic carbocycles.